The molecule has 0 aliphatic heterocycles. The smallest absolute Gasteiger partial charge is 0.139 e. The predicted molar refractivity (Wildman–Crippen MR) is 78.0 cm³/mol. The summed E-state index contributed by atoms with van der Waals surface area (Å²) in [6.45, 7) is 0. The summed E-state index contributed by atoms with van der Waals surface area (Å²) in [5.74, 6) is 1.30. The number of hydrogen-bond acceptors (Lipinski definition) is 1. The number of carbonyl (C=O) groups excluding carboxylic acids is 1. The number of hydrogen-bond donors (Lipinski definition) is 0. The van der Waals surface area contributed by atoms with Gasteiger partial charge < -0.3 is 0 Å². The van der Waals surface area contributed by atoms with Crippen LogP contribution in [0.25, 0.3) is 0 Å². The lowest BCUT2D eigenvalue weighted by atomic mass is 9.61. The summed E-state index contributed by atoms with van der Waals surface area (Å²) in [5.41, 5.74) is 1.52. The summed E-state index contributed by atoms with van der Waals surface area (Å²) < 4.78 is 0. The van der Waals surface area contributed by atoms with E-state index >= 15 is 0 Å². The Morgan fingerprint density at radius 2 is 1.79 bits per heavy atom. The molecule has 3 rings (SSSR count). The van der Waals surface area contributed by atoms with Crippen LogP contribution in [0.3, 0.4) is 0 Å². The van der Waals surface area contributed by atoms with E-state index in [0.29, 0.717) is 5.78 Å². The van der Waals surface area contributed by atoms with E-state index in [4.69, 9.17) is 0 Å². The predicted octanol–water partition coefficient (Wildman–Crippen LogP) is 4.55. The van der Waals surface area contributed by atoms with Crippen LogP contribution in [-0.2, 0) is 11.2 Å². The average Bonchev–Trinajstić information content (AvgIpc) is 2.45. The Kier molecular flexibility index (Phi) is 3.72. The number of Topliss-reactive ketones (excluding diaryl/α,β-unsaturated/α-hetero) is 1. The molecule has 1 heteroatoms. The molecule has 0 N–H and O–H groups in total. The Balaban J connectivity index is 1.69. The molecule has 0 bridgehead atoms. The Morgan fingerprint density at radius 3 is 2.53 bits per heavy atom. The molecule has 0 aromatic heterocycles. The zero-order chi connectivity index (χ0) is 13.1. The molecule has 1 aromatic carbocycles. The topological polar surface area (TPSA) is 17.1 Å². The van der Waals surface area contributed by atoms with Gasteiger partial charge in [0.1, 0.15) is 5.78 Å². The lowest BCUT2D eigenvalue weighted by molar-refractivity contribution is -0.135. The molecule has 2 aliphatic rings. The van der Waals surface area contributed by atoms with Gasteiger partial charge in [-0.3, -0.25) is 4.79 Å². The first-order valence-corrected chi connectivity index (χ1v) is 7.86. The minimum Gasteiger partial charge on any atom is -0.299 e. The molecule has 0 heterocycles. The van der Waals surface area contributed by atoms with Crippen molar-refractivity contribution in [3.8, 4) is 0 Å². The van der Waals surface area contributed by atoms with Gasteiger partial charge in [-0.2, -0.15) is 0 Å². The molecule has 2 fully saturated rings. The second-order valence-corrected chi connectivity index (χ2v) is 6.56. The fraction of sp³-hybridized carbons (Fsp3) is 0.611. The summed E-state index contributed by atoms with van der Waals surface area (Å²) in [6.07, 6.45) is 10.4. The maximum Gasteiger partial charge on any atom is 0.139 e. The van der Waals surface area contributed by atoms with Crippen molar-refractivity contribution in [2.24, 2.45) is 11.3 Å². The van der Waals surface area contributed by atoms with Gasteiger partial charge >= 0.3 is 0 Å². The highest BCUT2D eigenvalue weighted by Gasteiger charge is 2.43. The van der Waals surface area contributed by atoms with Crippen LogP contribution in [0.1, 0.15) is 56.9 Å². The summed E-state index contributed by atoms with van der Waals surface area (Å²) in [7, 11) is 0. The van der Waals surface area contributed by atoms with Gasteiger partial charge in [-0.1, -0.05) is 49.6 Å². The summed E-state index contributed by atoms with van der Waals surface area (Å²) in [4.78, 5) is 12.4. The van der Waals surface area contributed by atoms with Crippen LogP contribution in [-0.4, -0.2) is 5.78 Å². The lowest BCUT2D eigenvalue weighted by Crippen LogP contribution is -2.39. The van der Waals surface area contributed by atoms with Crippen LogP contribution in [0.15, 0.2) is 30.3 Å². The third kappa shape index (κ3) is 2.75. The van der Waals surface area contributed by atoms with Crippen molar-refractivity contribution < 1.29 is 4.79 Å². The molecule has 19 heavy (non-hydrogen) atoms. The van der Waals surface area contributed by atoms with Crippen molar-refractivity contribution in [1.29, 1.82) is 0 Å². The van der Waals surface area contributed by atoms with E-state index in [1.807, 2.05) is 0 Å². The van der Waals surface area contributed by atoms with Gasteiger partial charge in [0.2, 0.25) is 0 Å². The number of carbonyl (C=O) groups is 1. The van der Waals surface area contributed by atoms with Gasteiger partial charge in [0.05, 0.1) is 0 Å². The van der Waals surface area contributed by atoms with Gasteiger partial charge in [0.25, 0.3) is 0 Å². The maximum absolute atomic E-state index is 12.4. The zero-order valence-electron chi connectivity index (χ0n) is 11.7. The number of ketones is 1. The van der Waals surface area contributed by atoms with Crippen LogP contribution in [0.5, 0.6) is 0 Å². The highest BCUT2D eigenvalue weighted by atomic mass is 16.1. The average molecular weight is 256 g/mol. The van der Waals surface area contributed by atoms with Gasteiger partial charge in [0.15, 0.2) is 0 Å². The monoisotopic (exact) mass is 256 g/mol. The van der Waals surface area contributed by atoms with Gasteiger partial charge in [-0.05, 0) is 43.6 Å². The van der Waals surface area contributed by atoms with Gasteiger partial charge in [-0.25, -0.2) is 0 Å². The second-order valence-electron chi connectivity index (χ2n) is 6.56. The fourth-order valence-corrected chi connectivity index (χ4v) is 4.20. The lowest BCUT2D eigenvalue weighted by Gasteiger charge is -2.42. The highest BCUT2D eigenvalue weighted by molar-refractivity contribution is 5.85. The second kappa shape index (κ2) is 5.48. The molecule has 0 saturated heterocycles. The first-order valence-electron chi connectivity index (χ1n) is 7.86. The molecule has 1 aromatic rings. The zero-order valence-corrected chi connectivity index (χ0v) is 11.7. The summed E-state index contributed by atoms with van der Waals surface area (Å²) >= 11 is 0. The molecule has 102 valence electrons. The molecule has 2 aliphatic carbocycles. The van der Waals surface area contributed by atoms with Crippen LogP contribution in [0.4, 0.5) is 0 Å². The van der Waals surface area contributed by atoms with Crippen molar-refractivity contribution in [1.82, 2.24) is 0 Å². The van der Waals surface area contributed by atoms with Gasteiger partial charge in [0, 0.05) is 11.8 Å². The van der Waals surface area contributed by atoms with E-state index in [2.05, 4.69) is 30.3 Å². The number of benzene rings is 1. The van der Waals surface area contributed by atoms with Crippen molar-refractivity contribution in [3.05, 3.63) is 35.9 Å². The highest BCUT2D eigenvalue weighted by Crippen LogP contribution is 2.47. The number of rotatable bonds is 2. The van der Waals surface area contributed by atoms with Crippen molar-refractivity contribution in [2.45, 2.75) is 57.8 Å². The largest absolute Gasteiger partial charge is 0.299 e. The van der Waals surface area contributed by atoms with E-state index in [1.54, 1.807) is 0 Å². The van der Waals surface area contributed by atoms with Gasteiger partial charge in [-0.15, -0.1) is 0 Å². The first-order chi connectivity index (χ1) is 9.28. The summed E-state index contributed by atoms with van der Waals surface area (Å²) in [6, 6.07) is 10.8. The minimum atomic E-state index is 0.0793. The summed E-state index contributed by atoms with van der Waals surface area (Å²) in [5, 5.41) is 0. The standard InChI is InChI=1S/C18H24O/c19-17-10-9-16(13-15-7-3-1-4-8-15)14-18(17)11-5-2-6-12-18/h1,3-4,7-8,16H,2,5-6,9-14H2. The fourth-order valence-electron chi connectivity index (χ4n) is 4.20. The van der Waals surface area contributed by atoms with E-state index in [-0.39, 0.29) is 5.41 Å². The Hall–Kier alpha value is -1.11. The molecule has 1 spiro atoms. The third-order valence-corrected chi connectivity index (χ3v) is 5.23. The first kappa shape index (κ1) is 12.9. The van der Waals surface area contributed by atoms with Crippen molar-refractivity contribution in [2.75, 3.05) is 0 Å². The van der Waals surface area contributed by atoms with E-state index in [9.17, 15) is 4.79 Å². The molecule has 1 nitrogen and oxygen atoms in total. The van der Waals surface area contributed by atoms with E-state index < -0.39 is 0 Å². The molecular formula is C18H24O. The molecule has 2 saturated carbocycles. The molecule has 0 radical (unpaired) electrons. The Labute approximate surface area is 116 Å². The molecule has 1 atom stereocenters. The minimum absolute atomic E-state index is 0.0793. The quantitative estimate of drug-likeness (QED) is 0.758. The SMILES string of the molecule is O=C1CCC(Cc2ccccc2)CC12CCCCC2. The molecular weight excluding hydrogens is 232 g/mol. The molecule has 0 amide bonds. The van der Waals surface area contributed by atoms with Crippen LogP contribution >= 0.6 is 0 Å². The normalized spacial score (nSPS) is 26.5. The van der Waals surface area contributed by atoms with Crippen LogP contribution in [0, 0.1) is 11.3 Å². The van der Waals surface area contributed by atoms with Crippen LogP contribution in [0.2, 0.25) is 0 Å². The van der Waals surface area contributed by atoms with E-state index in [1.165, 1.54) is 24.8 Å². The van der Waals surface area contributed by atoms with Crippen LogP contribution < -0.4 is 0 Å². The van der Waals surface area contributed by atoms with Crippen molar-refractivity contribution in [3.63, 3.8) is 0 Å². The Morgan fingerprint density at radius 1 is 1.05 bits per heavy atom. The maximum atomic E-state index is 12.4. The third-order valence-electron chi connectivity index (χ3n) is 5.23. The Bertz CT molecular complexity index is 428. The van der Waals surface area contributed by atoms with E-state index in [0.717, 1.165) is 44.4 Å². The van der Waals surface area contributed by atoms with Crippen molar-refractivity contribution >= 4 is 5.78 Å². The molecule has 1 unspecified atom stereocenters.